The van der Waals surface area contributed by atoms with E-state index in [-0.39, 0.29) is 31.2 Å². The first-order chi connectivity index (χ1) is 25.4. The molecule has 0 saturated heterocycles. The summed E-state index contributed by atoms with van der Waals surface area (Å²) in [6.07, 6.45) is 44.2. The highest BCUT2D eigenvalue weighted by atomic mass is 16.5. The number of nitrogens with zero attached hydrogens (tertiary/aromatic N) is 3. The minimum Gasteiger partial charge on any atom is -0.469 e. The molecule has 2 atom stereocenters. The summed E-state index contributed by atoms with van der Waals surface area (Å²) in [6.45, 7) is -0.201. The molecule has 0 aromatic carbocycles. The minimum absolute atomic E-state index is 0.0705. The van der Waals surface area contributed by atoms with Gasteiger partial charge >= 0.3 is 11.9 Å². The number of aliphatic hydroxyl groups excluding tert-OH is 3. The van der Waals surface area contributed by atoms with Crippen LogP contribution in [-0.4, -0.2) is 66.8 Å². The highest BCUT2D eigenvalue weighted by molar-refractivity contribution is 5.69. The van der Waals surface area contributed by atoms with E-state index < -0.39 is 6.10 Å². The first-order valence-corrected chi connectivity index (χ1v) is 20.1. The molecule has 0 aliphatic rings. The van der Waals surface area contributed by atoms with E-state index in [1.54, 1.807) is 0 Å². The van der Waals surface area contributed by atoms with Crippen molar-refractivity contribution in [2.24, 2.45) is 5.11 Å². The van der Waals surface area contributed by atoms with Gasteiger partial charge in [0.1, 0.15) is 0 Å². The lowest BCUT2D eigenvalue weighted by molar-refractivity contribution is -0.141. The summed E-state index contributed by atoms with van der Waals surface area (Å²) < 4.78 is 9.21. The lowest BCUT2D eigenvalue weighted by Crippen LogP contribution is -2.10. The number of methoxy groups -OCH3 is 2. The summed E-state index contributed by atoms with van der Waals surface area (Å²) in [5.74, 6) is -0.248. The minimum atomic E-state index is -0.553. The molecule has 0 amide bonds. The predicted octanol–water partition coefficient (Wildman–Crippen LogP) is 10.7. The van der Waals surface area contributed by atoms with E-state index in [1.807, 2.05) is 0 Å². The molecular formula is C42H75N3O7. The Morgan fingerprint density at radius 2 is 0.865 bits per heavy atom. The van der Waals surface area contributed by atoms with Gasteiger partial charge in [0.2, 0.25) is 0 Å². The van der Waals surface area contributed by atoms with E-state index >= 15 is 0 Å². The van der Waals surface area contributed by atoms with Crippen molar-refractivity contribution in [1.29, 1.82) is 0 Å². The van der Waals surface area contributed by atoms with Crippen LogP contribution in [0, 0.1) is 0 Å². The van der Waals surface area contributed by atoms with Crippen LogP contribution >= 0.6 is 0 Å². The van der Waals surface area contributed by atoms with Crippen LogP contribution in [0.4, 0.5) is 0 Å². The molecule has 0 bridgehead atoms. The highest BCUT2D eigenvalue weighted by Crippen LogP contribution is 2.11. The van der Waals surface area contributed by atoms with Gasteiger partial charge in [-0.2, -0.15) is 0 Å². The number of unbranched alkanes of at least 4 members (excludes halogenated alkanes) is 16. The number of aliphatic hydroxyl groups is 3. The second kappa shape index (κ2) is 44.3. The van der Waals surface area contributed by atoms with Crippen molar-refractivity contribution in [1.82, 2.24) is 0 Å². The molecule has 10 nitrogen and oxygen atoms in total. The zero-order chi connectivity index (χ0) is 38.6. The lowest BCUT2D eigenvalue weighted by atomic mass is 10.1. The molecule has 0 radical (unpaired) electrons. The third-order valence-corrected chi connectivity index (χ3v) is 8.56. The number of rotatable bonds is 35. The number of azide groups is 1. The van der Waals surface area contributed by atoms with Crippen LogP contribution in [0.2, 0.25) is 0 Å². The van der Waals surface area contributed by atoms with E-state index in [0.29, 0.717) is 19.3 Å². The van der Waals surface area contributed by atoms with Crippen LogP contribution < -0.4 is 0 Å². The molecule has 3 N–H and O–H groups in total. The molecule has 0 spiro atoms. The largest absolute Gasteiger partial charge is 0.469 e. The van der Waals surface area contributed by atoms with E-state index in [2.05, 4.69) is 68.1 Å². The summed E-state index contributed by atoms with van der Waals surface area (Å²) in [6, 6.07) is -0.280. The van der Waals surface area contributed by atoms with Crippen LogP contribution in [-0.2, 0) is 19.1 Å². The Balaban J connectivity index is 0. The Morgan fingerprint density at radius 3 is 1.19 bits per heavy atom. The maximum Gasteiger partial charge on any atom is 0.305 e. The van der Waals surface area contributed by atoms with E-state index in [9.17, 15) is 14.7 Å². The van der Waals surface area contributed by atoms with E-state index in [4.69, 9.17) is 15.7 Å². The fourth-order valence-electron chi connectivity index (χ4n) is 5.28. The summed E-state index contributed by atoms with van der Waals surface area (Å²) in [5.41, 5.74) is 8.34. The second-order valence-corrected chi connectivity index (χ2v) is 13.3. The molecule has 0 aliphatic carbocycles. The number of esters is 2. The molecule has 300 valence electrons. The molecule has 0 aromatic heterocycles. The normalized spacial score (nSPS) is 12.6. The average Bonchev–Trinajstić information content (AvgIpc) is 3.16. The monoisotopic (exact) mass is 734 g/mol. The van der Waals surface area contributed by atoms with Crippen LogP contribution in [0.1, 0.15) is 167 Å². The van der Waals surface area contributed by atoms with E-state index in [1.165, 1.54) is 78.4 Å². The van der Waals surface area contributed by atoms with Gasteiger partial charge in [0.25, 0.3) is 0 Å². The standard InChI is InChI=1S/C21H37N3O3.C21H38O4/c1-27-21(26)18-16-14-12-10-8-6-4-2-3-5-7-9-11-13-15-17-20(19-25)23-24-22;1-25-21(24)18-16-14-12-10-8-6-4-2-3-5-7-9-11-13-15-17-20(23)19-22/h9-12,20,25H,2-8,13-19H2,1H3;9-12,20,22-23H,2-8,13-19H2,1H3/b2*11-9-,12-10-/t2*20-/m10/s1. The summed E-state index contributed by atoms with van der Waals surface area (Å²) >= 11 is 0. The molecule has 52 heavy (non-hydrogen) atoms. The molecule has 0 fully saturated rings. The third-order valence-electron chi connectivity index (χ3n) is 8.56. The number of carbonyl (C=O) groups is 2. The number of carbonyl (C=O) groups excluding carboxylic acids is 2. The highest BCUT2D eigenvalue weighted by Gasteiger charge is 2.03. The quantitative estimate of drug-likeness (QED) is 0.0146. The molecule has 0 saturated carbocycles. The summed E-state index contributed by atoms with van der Waals surface area (Å²) in [4.78, 5) is 24.6. The Bertz CT molecular complexity index is 961. The predicted molar refractivity (Wildman–Crippen MR) is 214 cm³/mol. The van der Waals surface area contributed by atoms with Crippen LogP contribution in [0.15, 0.2) is 53.7 Å². The molecular weight excluding hydrogens is 658 g/mol. The second-order valence-electron chi connectivity index (χ2n) is 13.3. The van der Waals surface area contributed by atoms with Crippen LogP contribution in [0.3, 0.4) is 0 Å². The average molecular weight is 734 g/mol. The molecule has 0 aliphatic heterocycles. The van der Waals surface area contributed by atoms with Crippen LogP contribution in [0.25, 0.3) is 10.4 Å². The van der Waals surface area contributed by atoms with Gasteiger partial charge in [0.15, 0.2) is 0 Å². The lowest BCUT2D eigenvalue weighted by Gasteiger charge is -2.04. The van der Waals surface area contributed by atoms with Crippen molar-refractivity contribution in [3.63, 3.8) is 0 Å². The fourth-order valence-corrected chi connectivity index (χ4v) is 5.28. The number of hydrogen-bond acceptors (Lipinski definition) is 8. The van der Waals surface area contributed by atoms with Gasteiger partial charge in [0.05, 0.1) is 39.6 Å². The van der Waals surface area contributed by atoms with Gasteiger partial charge in [-0.1, -0.05) is 92.2 Å². The van der Waals surface area contributed by atoms with Gasteiger partial charge in [-0.05, 0) is 121 Å². The van der Waals surface area contributed by atoms with E-state index in [0.717, 1.165) is 83.5 Å². The molecule has 0 aromatic rings. The zero-order valence-electron chi connectivity index (χ0n) is 32.9. The van der Waals surface area contributed by atoms with Crippen molar-refractivity contribution >= 4 is 11.9 Å². The van der Waals surface area contributed by atoms with Crippen molar-refractivity contribution < 1.29 is 34.4 Å². The first kappa shape index (κ1) is 51.2. The van der Waals surface area contributed by atoms with Gasteiger partial charge in [-0.15, -0.1) is 0 Å². The third kappa shape index (κ3) is 43.3. The van der Waals surface area contributed by atoms with Crippen molar-refractivity contribution in [2.45, 2.75) is 179 Å². The molecule has 10 heteroatoms. The maximum atomic E-state index is 10.9. The smallest absolute Gasteiger partial charge is 0.305 e. The van der Waals surface area contributed by atoms with Gasteiger partial charge in [-0.3, -0.25) is 9.59 Å². The number of ether oxygens (including phenoxy) is 2. The number of hydrogen-bond donors (Lipinski definition) is 3. The Kier molecular flexibility index (Phi) is 43.6. The van der Waals surface area contributed by atoms with Gasteiger partial charge < -0.3 is 24.8 Å². The SMILES string of the molecule is COC(=O)CCC/C=C\CCCCCCC/C=C\CCC[C@H](CO)N=[N+]=[N-].COC(=O)CCC/C=C\CCCCCCC/C=C\CCC[C@H](O)CO. The Hall–Kier alpha value is -2.91. The van der Waals surface area contributed by atoms with Crippen molar-refractivity contribution in [2.75, 3.05) is 27.4 Å². The van der Waals surface area contributed by atoms with Gasteiger partial charge in [-0.25, -0.2) is 0 Å². The molecule has 0 heterocycles. The van der Waals surface area contributed by atoms with Crippen molar-refractivity contribution in [3.8, 4) is 0 Å². The van der Waals surface area contributed by atoms with Gasteiger partial charge in [0, 0.05) is 17.8 Å². The summed E-state index contributed by atoms with van der Waals surface area (Å²) in [7, 11) is 2.86. The summed E-state index contributed by atoms with van der Waals surface area (Å²) in [5, 5.41) is 30.5. The number of allylic oxidation sites excluding steroid dienone is 8. The zero-order valence-corrected chi connectivity index (χ0v) is 32.9. The Morgan fingerprint density at radius 1 is 0.538 bits per heavy atom. The maximum absolute atomic E-state index is 10.9. The molecule has 0 unspecified atom stereocenters. The van der Waals surface area contributed by atoms with Crippen LogP contribution in [0.5, 0.6) is 0 Å². The molecule has 0 rings (SSSR count). The van der Waals surface area contributed by atoms with Crippen molar-refractivity contribution in [3.05, 3.63) is 59.1 Å². The fraction of sp³-hybridized carbons (Fsp3) is 0.762. The first-order valence-electron chi connectivity index (χ1n) is 20.1. The topological polar surface area (TPSA) is 162 Å². The Labute approximate surface area is 316 Å².